The van der Waals surface area contributed by atoms with Gasteiger partial charge in [0, 0.05) is 6.07 Å². The molecule has 0 aliphatic heterocycles. The number of amides is 1. The number of esters is 1. The standard InChI is InChI=1S/C19H24N2O6/c1-11(2)10-25-15-7-6-14(9-16(15)24-5)19(23)26-13(4)18(22)20-17-8-12(3)27-21-17/h6-9,11,13H,10H2,1-5H3,(H,20,21,22)/t13-/m0/s1. The predicted molar refractivity (Wildman–Crippen MR) is 98.1 cm³/mol. The molecule has 0 bridgehead atoms. The van der Waals surface area contributed by atoms with Crippen LogP contribution in [0.5, 0.6) is 11.5 Å². The van der Waals surface area contributed by atoms with Crippen LogP contribution >= 0.6 is 0 Å². The number of carbonyl (C=O) groups excluding carboxylic acids is 2. The van der Waals surface area contributed by atoms with E-state index in [1.54, 1.807) is 25.1 Å². The first-order valence-corrected chi connectivity index (χ1v) is 8.56. The van der Waals surface area contributed by atoms with E-state index in [1.165, 1.54) is 20.1 Å². The Hall–Kier alpha value is -3.03. The van der Waals surface area contributed by atoms with E-state index in [-0.39, 0.29) is 11.4 Å². The molecule has 2 aromatic rings. The Kier molecular flexibility index (Phi) is 6.81. The number of aryl methyl sites for hydroxylation is 1. The summed E-state index contributed by atoms with van der Waals surface area (Å²) >= 11 is 0. The lowest BCUT2D eigenvalue weighted by atomic mass is 10.2. The fourth-order valence-electron chi connectivity index (χ4n) is 2.11. The van der Waals surface area contributed by atoms with E-state index < -0.39 is 18.0 Å². The van der Waals surface area contributed by atoms with Gasteiger partial charge in [0.05, 0.1) is 19.3 Å². The molecule has 0 fully saturated rings. The molecule has 1 aromatic heterocycles. The minimum absolute atomic E-state index is 0.251. The number of methoxy groups -OCH3 is 1. The van der Waals surface area contributed by atoms with Crippen molar-refractivity contribution in [2.24, 2.45) is 5.92 Å². The molecule has 0 spiro atoms. The number of ether oxygens (including phenoxy) is 3. The average molecular weight is 376 g/mol. The second-order valence-corrected chi connectivity index (χ2v) is 6.43. The van der Waals surface area contributed by atoms with Gasteiger partial charge < -0.3 is 24.1 Å². The first-order valence-electron chi connectivity index (χ1n) is 8.56. The van der Waals surface area contributed by atoms with Crippen LogP contribution in [0.25, 0.3) is 0 Å². The van der Waals surface area contributed by atoms with Gasteiger partial charge in [0.15, 0.2) is 23.4 Å². The monoisotopic (exact) mass is 376 g/mol. The van der Waals surface area contributed by atoms with Crippen molar-refractivity contribution in [3.8, 4) is 11.5 Å². The van der Waals surface area contributed by atoms with E-state index in [0.717, 1.165) is 0 Å². The fourth-order valence-corrected chi connectivity index (χ4v) is 2.11. The van der Waals surface area contributed by atoms with Gasteiger partial charge in [-0.15, -0.1) is 0 Å². The third kappa shape index (κ3) is 5.73. The summed E-state index contributed by atoms with van der Waals surface area (Å²) in [6.45, 7) is 7.76. The van der Waals surface area contributed by atoms with Crippen LogP contribution in [-0.4, -0.2) is 36.9 Å². The lowest BCUT2D eigenvalue weighted by Gasteiger charge is -2.15. The van der Waals surface area contributed by atoms with Crippen molar-refractivity contribution in [2.45, 2.75) is 33.8 Å². The molecule has 8 heteroatoms. The molecule has 1 heterocycles. The van der Waals surface area contributed by atoms with E-state index in [2.05, 4.69) is 10.5 Å². The zero-order chi connectivity index (χ0) is 20.0. The Bertz CT molecular complexity index is 799. The Morgan fingerprint density at radius 1 is 1.19 bits per heavy atom. The summed E-state index contributed by atoms with van der Waals surface area (Å²) in [5, 5.41) is 6.17. The van der Waals surface area contributed by atoms with Crippen LogP contribution in [-0.2, 0) is 9.53 Å². The lowest BCUT2D eigenvalue weighted by Crippen LogP contribution is -2.30. The van der Waals surface area contributed by atoms with Crippen molar-refractivity contribution in [2.75, 3.05) is 19.0 Å². The molecular formula is C19H24N2O6. The molecule has 0 unspecified atom stereocenters. The summed E-state index contributed by atoms with van der Waals surface area (Å²) in [4.78, 5) is 24.4. The highest BCUT2D eigenvalue weighted by Gasteiger charge is 2.21. The maximum absolute atomic E-state index is 12.3. The molecule has 1 N–H and O–H groups in total. The molecule has 1 amide bonds. The van der Waals surface area contributed by atoms with Gasteiger partial charge in [-0.05, 0) is 38.0 Å². The third-order valence-corrected chi connectivity index (χ3v) is 3.50. The van der Waals surface area contributed by atoms with E-state index in [9.17, 15) is 9.59 Å². The van der Waals surface area contributed by atoms with Crippen molar-refractivity contribution in [3.05, 3.63) is 35.6 Å². The lowest BCUT2D eigenvalue weighted by molar-refractivity contribution is -0.123. The average Bonchev–Trinajstić information content (AvgIpc) is 3.04. The molecule has 1 aromatic carbocycles. The van der Waals surface area contributed by atoms with E-state index in [0.29, 0.717) is 29.8 Å². The van der Waals surface area contributed by atoms with Crippen molar-refractivity contribution in [1.82, 2.24) is 5.16 Å². The number of anilines is 1. The van der Waals surface area contributed by atoms with Gasteiger partial charge in [0.25, 0.3) is 5.91 Å². The maximum Gasteiger partial charge on any atom is 0.339 e. The summed E-state index contributed by atoms with van der Waals surface area (Å²) in [6, 6.07) is 6.28. The molecule has 146 valence electrons. The molecule has 0 saturated carbocycles. The number of hydrogen-bond donors (Lipinski definition) is 1. The van der Waals surface area contributed by atoms with E-state index in [4.69, 9.17) is 18.7 Å². The second-order valence-electron chi connectivity index (χ2n) is 6.43. The van der Waals surface area contributed by atoms with E-state index >= 15 is 0 Å². The summed E-state index contributed by atoms with van der Waals surface area (Å²) in [7, 11) is 1.49. The topological polar surface area (TPSA) is 99.9 Å². The Balaban J connectivity index is 2.00. The van der Waals surface area contributed by atoms with Crippen LogP contribution in [0, 0.1) is 12.8 Å². The number of benzene rings is 1. The molecule has 27 heavy (non-hydrogen) atoms. The van der Waals surface area contributed by atoms with Crippen molar-refractivity contribution < 1.29 is 28.3 Å². The number of aromatic nitrogens is 1. The highest BCUT2D eigenvalue weighted by Crippen LogP contribution is 2.29. The van der Waals surface area contributed by atoms with Gasteiger partial charge >= 0.3 is 5.97 Å². The van der Waals surface area contributed by atoms with Gasteiger partial charge in [-0.1, -0.05) is 19.0 Å². The second kappa shape index (κ2) is 9.07. The van der Waals surface area contributed by atoms with Crippen LogP contribution in [0.2, 0.25) is 0 Å². The molecule has 0 aliphatic carbocycles. The number of rotatable bonds is 8. The first kappa shape index (κ1) is 20.3. The van der Waals surface area contributed by atoms with Gasteiger partial charge in [-0.2, -0.15) is 0 Å². The minimum atomic E-state index is -1.02. The quantitative estimate of drug-likeness (QED) is 0.706. The smallest absolute Gasteiger partial charge is 0.339 e. The van der Waals surface area contributed by atoms with Gasteiger partial charge in [0.1, 0.15) is 5.76 Å². The molecule has 0 aliphatic rings. The zero-order valence-electron chi connectivity index (χ0n) is 16.1. The first-order chi connectivity index (χ1) is 12.8. The number of nitrogens with one attached hydrogen (secondary N) is 1. The van der Waals surface area contributed by atoms with Crippen LogP contribution in [0.1, 0.15) is 36.9 Å². The third-order valence-electron chi connectivity index (χ3n) is 3.50. The maximum atomic E-state index is 12.3. The van der Waals surface area contributed by atoms with Gasteiger partial charge in [-0.25, -0.2) is 4.79 Å². The van der Waals surface area contributed by atoms with Crippen LogP contribution in [0.4, 0.5) is 5.82 Å². The molecule has 1 atom stereocenters. The normalized spacial score (nSPS) is 11.8. The van der Waals surface area contributed by atoms with Gasteiger partial charge in [-0.3, -0.25) is 4.79 Å². The van der Waals surface area contributed by atoms with Crippen molar-refractivity contribution >= 4 is 17.7 Å². The number of carbonyl (C=O) groups is 2. The highest BCUT2D eigenvalue weighted by molar-refractivity contribution is 5.97. The van der Waals surface area contributed by atoms with E-state index in [1.807, 2.05) is 13.8 Å². The number of hydrogen-bond acceptors (Lipinski definition) is 7. The van der Waals surface area contributed by atoms with Crippen LogP contribution in [0.15, 0.2) is 28.8 Å². The van der Waals surface area contributed by atoms with Gasteiger partial charge in [0.2, 0.25) is 0 Å². The predicted octanol–water partition coefficient (Wildman–Crippen LogP) is 3.21. The minimum Gasteiger partial charge on any atom is -0.493 e. The molecule has 8 nitrogen and oxygen atoms in total. The molecule has 0 radical (unpaired) electrons. The largest absolute Gasteiger partial charge is 0.493 e. The summed E-state index contributed by atoms with van der Waals surface area (Å²) in [6.07, 6.45) is -1.02. The SMILES string of the molecule is COc1cc(C(=O)O[C@@H](C)C(=O)Nc2cc(C)on2)ccc1OCC(C)C. The fraction of sp³-hybridized carbons (Fsp3) is 0.421. The van der Waals surface area contributed by atoms with Crippen LogP contribution < -0.4 is 14.8 Å². The summed E-state index contributed by atoms with van der Waals surface area (Å²) in [5.74, 6) is 0.959. The number of nitrogens with zero attached hydrogens (tertiary/aromatic N) is 1. The van der Waals surface area contributed by atoms with Crippen molar-refractivity contribution in [1.29, 1.82) is 0 Å². The zero-order valence-corrected chi connectivity index (χ0v) is 16.1. The molecule has 2 rings (SSSR count). The van der Waals surface area contributed by atoms with Crippen LogP contribution in [0.3, 0.4) is 0 Å². The molecular weight excluding hydrogens is 352 g/mol. The summed E-state index contributed by atoms with van der Waals surface area (Å²) in [5.41, 5.74) is 0.251. The van der Waals surface area contributed by atoms with Crippen molar-refractivity contribution in [3.63, 3.8) is 0 Å². The summed E-state index contributed by atoms with van der Waals surface area (Å²) < 4.78 is 21.0. The Labute approximate surface area is 157 Å². The Morgan fingerprint density at radius 2 is 1.93 bits per heavy atom. The molecule has 0 saturated heterocycles. The highest BCUT2D eigenvalue weighted by atomic mass is 16.5. The Morgan fingerprint density at radius 3 is 2.52 bits per heavy atom.